The highest BCUT2D eigenvalue weighted by molar-refractivity contribution is 5.85. The normalized spacial score (nSPS) is 23.9. The average Bonchev–Trinajstić information content (AvgIpc) is 2.46. The van der Waals surface area contributed by atoms with Gasteiger partial charge >= 0.3 is 0 Å². The maximum Gasteiger partial charge on any atom is 0.226 e. The summed E-state index contributed by atoms with van der Waals surface area (Å²) in [5.41, 5.74) is 0. The molecule has 0 bridgehead atoms. The van der Waals surface area contributed by atoms with Gasteiger partial charge in [0.1, 0.15) is 0 Å². The Labute approximate surface area is 127 Å². The molecule has 1 unspecified atom stereocenters. The molecule has 0 aromatic carbocycles. The van der Waals surface area contributed by atoms with E-state index in [1.54, 1.807) is 6.92 Å². The summed E-state index contributed by atoms with van der Waals surface area (Å²) in [4.78, 5) is 25.2. The molecule has 2 aliphatic rings. The Morgan fingerprint density at radius 1 is 1.25 bits per heavy atom. The minimum atomic E-state index is 0. The van der Waals surface area contributed by atoms with E-state index in [0.29, 0.717) is 11.8 Å². The van der Waals surface area contributed by atoms with Crippen molar-refractivity contribution in [3.05, 3.63) is 0 Å². The third-order valence-electron chi connectivity index (χ3n) is 4.21. The highest BCUT2D eigenvalue weighted by Crippen LogP contribution is 2.20. The summed E-state index contributed by atoms with van der Waals surface area (Å²) in [6.45, 7) is 5.88. The van der Waals surface area contributed by atoms with Gasteiger partial charge in [-0.05, 0) is 38.1 Å². The standard InChI is InChI=1S/C14H25N3O2.ClH/c1-11(18)16-9-12-4-7-17(8-5-12)14(19)13-3-2-6-15-10-13;/h12-13,15H,2-10H2,1H3,(H,16,18);1H. The second-order valence-electron chi connectivity index (χ2n) is 5.75. The van der Waals surface area contributed by atoms with Crippen molar-refractivity contribution in [3.63, 3.8) is 0 Å². The summed E-state index contributed by atoms with van der Waals surface area (Å²) in [6.07, 6.45) is 4.14. The van der Waals surface area contributed by atoms with E-state index in [0.717, 1.165) is 58.4 Å². The fourth-order valence-electron chi connectivity index (χ4n) is 2.97. The van der Waals surface area contributed by atoms with E-state index in [9.17, 15) is 9.59 Å². The maximum atomic E-state index is 12.3. The Bertz CT molecular complexity index is 324. The zero-order chi connectivity index (χ0) is 13.7. The van der Waals surface area contributed by atoms with Crippen molar-refractivity contribution >= 4 is 24.2 Å². The van der Waals surface area contributed by atoms with E-state index < -0.39 is 0 Å². The highest BCUT2D eigenvalue weighted by atomic mass is 35.5. The molecule has 0 saturated carbocycles. The van der Waals surface area contributed by atoms with Crippen LogP contribution >= 0.6 is 12.4 Å². The monoisotopic (exact) mass is 303 g/mol. The van der Waals surface area contributed by atoms with E-state index in [-0.39, 0.29) is 24.2 Å². The first-order valence-electron chi connectivity index (χ1n) is 7.40. The van der Waals surface area contributed by atoms with Crippen LogP contribution in [0.25, 0.3) is 0 Å². The number of hydrogen-bond donors (Lipinski definition) is 2. The molecule has 0 aromatic heterocycles. The molecule has 0 aliphatic carbocycles. The van der Waals surface area contributed by atoms with Gasteiger partial charge in [-0.3, -0.25) is 9.59 Å². The molecule has 2 fully saturated rings. The summed E-state index contributed by atoms with van der Waals surface area (Å²) in [5.74, 6) is 1.06. The number of amides is 2. The lowest BCUT2D eigenvalue weighted by Crippen LogP contribution is -2.47. The number of carbonyl (C=O) groups excluding carboxylic acids is 2. The molecule has 2 saturated heterocycles. The van der Waals surface area contributed by atoms with Crippen LogP contribution in [0.2, 0.25) is 0 Å². The van der Waals surface area contributed by atoms with Crippen LogP contribution in [-0.4, -0.2) is 49.4 Å². The first kappa shape index (κ1) is 17.2. The minimum absolute atomic E-state index is 0. The molecule has 6 heteroatoms. The van der Waals surface area contributed by atoms with Crippen molar-refractivity contribution in [1.29, 1.82) is 0 Å². The molecule has 20 heavy (non-hydrogen) atoms. The zero-order valence-corrected chi connectivity index (χ0v) is 13.0. The average molecular weight is 304 g/mol. The van der Waals surface area contributed by atoms with Crippen molar-refractivity contribution in [3.8, 4) is 0 Å². The molecule has 2 amide bonds. The van der Waals surface area contributed by atoms with Gasteiger partial charge in [-0.25, -0.2) is 0 Å². The number of rotatable bonds is 3. The van der Waals surface area contributed by atoms with Crippen molar-refractivity contribution < 1.29 is 9.59 Å². The highest BCUT2D eigenvalue weighted by Gasteiger charge is 2.28. The van der Waals surface area contributed by atoms with Crippen molar-refractivity contribution in [2.75, 3.05) is 32.7 Å². The Balaban J connectivity index is 0.00000200. The predicted molar refractivity (Wildman–Crippen MR) is 80.8 cm³/mol. The lowest BCUT2D eigenvalue weighted by atomic mass is 9.93. The van der Waals surface area contributed by atoms with E-state index in [2.05, 4.69) is 10.6 Å². The van der Waals surface area contributed by atoms with Gasteiger partial charge in [0.05, 0.1) is 5.92 Å². The van der Waals surface area contributed by atoms with Gasteiger partial charge < -0.3 is 15.5 Å². The van der Waals surface area contributed by atoms with E-state index >= 15 is 0 Å². The van der Waals surface area contributed by atoms with Gasteiger partial charge in [-0.2, -0.15) is 0 Å². The van der Waals surface area contributed by atoms with Crippen molar-refractivity contribution in [1.82, 2.24) is 15.5 Å². The largest absolute Gasteiger partial charge is 0.356 e. The lowest BCUT2D eigenvalue weighted by Gasteiger charge is -2.35. The SMILES string of the molecule is CC(=O)NCC1CCN(C(=O)C2CCCNC2)CC1.Cl. The molecule has 0 radical (unpaired) electrons. The summed E-state index contributed by atoms with van der Waals surface area (Å²) in [6, 6.07) is 0. The Morgan fingerprint density at radius 2 is 1.95 bits per heavy atom. The molecule has 2 heterocycles. The molecule has 116 valence electrons. The summed E-state index contributed by atoms with van der Waals surface area (Å²) >= 11 is 0. The lowest BCUT2D eigenvalue weighted by molar-refractivity contribution is -0.137. The van der Waals surface area contributed by atoms with Crippen LogP contribution in [0.1, 0.15) is 32.6 Å². The van der Waals surface area contributed by atoms with Crippen LogP contribution in [0.15, 0.2) is 0 Å². The van der Waals surface area contributed by atoms with Gasteiger partial charge in [0, 0.05) is 33.1 Å². The molecular formula is C14H26ClN3O2. The molecule has 0 spiro atoms. The smallest absolute Gasteiger partial charge is 0.226 e. The first-order valence-corrected chi connectivity index (χ1v) is 7.40. The number of hydrogen-bond acceptors (Lipinski definition) is 3. The van der Waals surface area contributed by atoms with Gasteiger partial charge in [0.25, 0.3) is 0 Å². The van der Waals surface area contributed by atoms with Crippen LogP contribution < -0.4 is 10.6 Å². The summed E-state index contributed by atoms with van der Waals surface area (Å²) < 4.78 is 0. The Morgan fingerprint density at radius 3 is 2.50 bits per heavy atom. The summed E-state index contributed by atoms with van der Waals surface area (Å²) in [7, 11) is 0. The molecule has 5 nitrogen and oxygen atoms in total. The third-order valence-corrected chi connectivity index (χ3v) is 4.21. The first-order chi connectivity index (χ1) is 9.16. The van der Waals surface area contributed by atoms with Crippen LogP contribution in [0.4, 0.5) is 0 Å². The summed E-state index contributed by atoms with van der Waals surface area (Å²) in [5, 5.41) is 6.17. The zero-order valence-electron chi connectivity index (χ0n) is 12.2. The van der Waals surface area contributed by atoms with Crippen LogP contribution in [-0.2, 0) is 9.59 Å². The van der Waals surface area contributed by atoms with Gasteiger partial charge in [-0.15, -0.1) is 12.4 Å². The topological polar surface area (TPSA) is 61.4 Å². The maximum absolute atomic E-state index is 12.3. The molecular weight excluding hydrogens is 278 g/mol. The van der Waals surface area contributed by atoms with Crippen LogP contribution in [0, 0.1) is 11.8 Å². The second-order valence-corrected chi connectivity index (χ2v) is 5.75. The second kappa shape index (κ2) is 8.47. The number of likely N-dealkylation sites (tertiary alicyclic amines) is 1. The van der Waals surface area contributed by atoms with Crippen LogP contribution in [0.3, 0.4) is 0 Å². The molecule has 2 N–H and O–H groups in total. The Kier molecular flexibility index (Phi) is 7.30. The predicted octanol–water partition coefficient (Wildman–Crippen LogP) is 0.782. The number of carbonyl (C=O) groups is 2. The number of halogens is 1. The Hall–Kier alpha value is -0.810. The number of nitrogens with zero attached hydrogens (tertiary/aromatic N) is 1. The van der Waals surface area contributed by atoms with Crippen LogP contribution in [0.5, 0.6) is 0 Å². The van der Waals surface area contributed by atoms with E-state index in [1.165, 1.54) is 0 Å². The molecule has 0 aromatic rings. The van der Waals surface area contributed by atoms with Gasteiger partial charge in [0.2, 0.25) is 11.8 Å². The number of nitrogens with one attached hydrogen (secondary N) is 2. The minimum Gasteiger partial charge on any atom is -0.356 e. The van der Waals surface area contributed by atoms with Gasteiger partial charge in [-0.1, -0.05) is 0 Å². The van der Waals surface area contributed by atoms with E-state index in [4.69, 9.17) is 0 Å². The van der Waals surface area contributed by atoms with E-state index in [1.807, 2.05) is 4.90 Å². The quantitative estimate of drug-likeness (QED) is 0.810. The third kappa shape index (κ3) is 4.94. The molecule has 1 atom stereocenters. The fourth-order valence-corrected chi connectivity index (χ4v) is 2.97. The molecule has 2 rings (SSSR count). The molecule has 2 aliphatic heterocycles. The van der Waals surface area contributed by atoms with Crippen molar-refractivity contribution in [2.24, 2.45) is 11.8 Å². The number of piperidine rings is 2. The van der Waals surface area contributed by atoms with Crippen molar-refractivity contribution in [2.45, 2.75) is 32.6 Å². The van der Waals surface area contributed by atoms with Gasteiger partial charge in [0.15, 0.2) is 0 Å². The fraction of sp³-hybridized carbons (Fsp3) is 0.857.